The van der Waals surface area contributed by atoms with Crippen LogP contribution in [0.1, 0.15) is 24.5 Å². The number of nitrogens with zero attached hydrogens (tertiary/aromatic N) is 2. The van der Waals surface area contributed by atoms with Gasteiger partial charge >= 0.3 is 0 Å². The predicted octanol–water partition coefficient (Wildman–Crippen LogP) is 3.31. The number of para-hydroxylation sites is 1. The van der Waals surface area contributed by atoms with Crippen molar-refractivity contribution in [2.75, 3.05) is 20.1 Å². The van der Waals surface area contributed by atoms with Crippen LogP contribution in [-0.2, 0) is 0 Å². The lowest BCUT2D eigenvalue weighted by Gasteiger charge is -2.56. The highest BCUT2D eigenvalue weighted by Crippen LogP contribution is 2.45. The van der Waals surface area contributed by atoms with Gasteiger partial charge < -0.3 is 9.59 Å². The normalized spacial score (nSPS) is 34.4. The summed E-state index contributed by atoms with van der Waals surface area (Å²) in [6.07, 6.45) is 5.87. The first-order valence-electron chi connectivity index (χ1n) is 8.61. The summed E-state index contributed by atoms with van der Waals surface area (Å²) < 4.78 is 0.963. The SMILES string of the molecule is C=C[C@H]1C[N+]2(C)CCC1C[C@@H]2C(O)c1ccnc2ccccc12. The third kappa shape index (κ3) is 2.30. The van der Waals surface area contributed by atoms with E-state index in [0.29, 0.717) is 11.8 Å². The number of aliphatic hydroxyl groups excluding tert-OH is 1. The summed E-state index contributed by atoms with van der Waals surface area (Å²) in [6, 6.07) is 10.4. The third-order valence-corrected chi connectivity index (χ3v) is 6.26. The molecule has 3 aliphatic rings. The van der Waals surface area contributed by atoms with Crippen molar-refractivity contribution in [2.24, 2.45) is 11.8 Å². The zero-order chi connectivity index (χ0) is 16.0. The summed E-state index contributed by atoms with van der Waals surface area (Å²) in [5.74, 6) is 1.28. The van der Waals surface area contributed by atoms with Crippen LogP contribution in [0.25, 0.3) is 10.9 Å². The van der Waals surface area contributed by atoms with Gasteiger partial charge in [0.15, 0.2) is 0 Å². The van der Waals surface area contributed by atoms with Gasteiger partial charge in [0, 0.05) is 30.3 Å². The number of likely N-dealkylation sites (N-methyl/N-ethyl adjacent to an activating group) is 1. The molecule has 23 heavy (non-hydrogen) atoms. The molecule has 2 bridgehead atoms. The maximum Gasteiger partial charge on any atom is 0.131 e. The molecule has 3 saturated heterocycles. The van der Waals surface area contributed by atoms with E-state index in [1.807, 2.05) is 30.5 Å². The molecule has 4 heterocycles. The smallest absolute Gasteiger partial charge is 0.131 e. The first kappa shape index (κ1) is 14.9. The Morgan fingerprint density at radius 3 is 2.96 bits per heavy atom. The molecule has 3 unspecified atom stereocenters. The van der Waals surface area contributed by atoms with E-state index in [0.717, 1.165) is 33.9 Å². The van der Waals surface area contributed by atoms with Crippen LogP contribution in [0, 0.1) is 11.8 Å². The zero-order valence-electron chi connectivity index (χ0n) is 13.7. The number of hydrogen-bond acceptors (Lipinski definition) is 2. The molecule has 1 aromatic carbocycles. The Hall–Kier alpha value is -1.71. The summed E-state index contributed by atoms with van der Waals surface area (Å²) in [4.78, 5) is 4.43. The van der Waals surface area contributed by atoms with Crippen LogP contribution in [-0.4, -0.2) is 40.8 Å². The van der Waals surface area contributed by atoms with E-state index in [1.165, 1.54) is 13.0 Å². The maximum absolute atomic E-state index is 11.2. The van der Waals surface area contributed by atoms with Crippen LogP contribution in [0.3, 0.4) is 0 Å². The molecule has 120 valence electrons. The van der Waals surface area contributed by atoms with Crippen molar-refractivity contribution < 1.29 is 9.59 Å². The van der Waals surface area contributed by atoms with E-state index in [-0.39, 0.29) is 6.04 Å². The Kier molecular flexibility index (Phi) is 3.51. The third-order valence-electron chi connectivity index (χ3n) is 6.26. The molecular weight excluding hydrogens is 284 g/mol. The van der Waals surface area contributed by atoms with Gasteiger partial charge in [-0.2, -0.15) is 0 Å². The van der Waals surface area contributed by atoms with Gasteiger partial charge in [0.25, 0.3) is 0 Å². The second-order valence-corrected chi connectivity index (χ2v) is 7.50. The predicted molar refractivity (Wildman–Crippen MR) is 92.8 cm³/mol. The van der Waals surface area contributed by atoms with Crippen molar-refractivity contribution in [3.05, 3.63) is 54.7 Å². The minimum atomic E-state index is -0.429. The summed E-state index contributed by atoms with van der Waals surface area (Å²) >= 11 is 0. The highest BCUT2D eigenvalue weighted by atomic mass is 16.3. The largest absolute Gasteiger partial charge is 0.382 e. The Morgan fingerprint density at radius 2 is 2.17 bits per heavy atom. The van der Waals surface area contributed by atoms with Crippen molar-refractivity contribution in [1.82, 2.24) is 4.98 Å². The lowest BCUT2D eigenvalue weighted by atomic mass is 9.72. The monoisotopic (exact) mass is 309 g/mol. The number of aromatic nitrogens is 1. The molecule has 3 nitrogen and oxygen atoms in total. The quantitative estimate of drug-likeness (QED) is 0.697. The minimum absolute atomic E-state index is 0.274. The zero-order valence-corrected chi connectivity index (χ0v) is 13.7. The first-order valence-corrected chi connectivity index (χ1v) is 8.61. The van der Waals surface area contributed by atoms with E-state index in [4.69, 9.17) is 0 Å². The van der Waals surface area contributed by atoms with Gasteiger partial charge in [-0.1, -0.05) is 24.3 Å². The van der Waals surface area contributed by atoms with E-state index in [1.54, 1.807) is 0 Å². The fourth-order valence-electron chi connectivity index (χ4n) is 4.88. The molecule has 3 heteroatoms. The maximum atomic E-state index is 11.2. The summed E-state index contributed by atoms with van der Waals surface area (Å²) in [5.41, 5.74) is 1.99. The van der Waals surface area contributed by atoms with Gasteiger partial charge in [-0.3, -0.25) is 4.98 Å². The lowest BCUT2D eigenvalue weighted by Crippen LogP contribution is -2.66. The fraction of sp³-hybridized carbons (Fsp3) is 0.450. The van der Waals surface area contributed by atoms with E-state index < -0.39 is 6.10 Å². The van der Waals surface area contributed by atoms with E-state index >= 15 is 0 Å². The molecule has 5 atom stereocenters. The van der Waals surface area contributed by atoms with Crippen LogP contribution >= 0.6 is 0 Å². The molecule has 3 aliphatic heterocycles. The standard InChI is InChI=1S/C20H25N2O/c1-3-14-13-22(2)11-9-15(14)12-19(22)20(23)17-8-10-21-18-7-5-4-6-16(17)18/h3-8,10,14-15,19-20,23H,1,9,11-13H2,2H3/q+1/t14-,15?,19+,20?,22?/m0/s1. The number of pyridine rings is 1. The molecule has 0 spiro atoms. The number of piperidine rings is 3. The topological polar surface area (TPSA) is 33.1 Å². The highest BCUT2D eigenvalue weighted by molar-refractivity contribution is 5.82. The van der Waals surface area contributed by atoms with Gasteiger partial charge in [-0.15, -0.1) is 6.58 Å². The Bertz CT molecular complexity index is 738. The summed E-state index contributed by atoms with van der Waals surface area (Å²) in [6.45, 7) is 6.30. The van der Waals surface area contributed by atoms with Crippen LogP contribution in [0.5, 0.6) is 0 Å². The van der Waals surface area contributed by atoms with Crippen LogP contribution in [0.2, 0.25) is 0 Å². The Morgan fingerprint density at radius 1 is 1.35 bits per heavy atom. The molecule has 2 aromatic rings. The molecule has 0 radical (unpaired) electrons. The lowest BCUT2D eigenvalue weighted by molar-refractivity contribution is -0.956. The van der Waals surface area contributed by atoms with Crippen LogP contribution in [0.15, 0.2) is 49.2 Å². The van der Waals surface area contributed by atoms with Crippen molar-refractivity contribution in [2.45, 2.75) is 25.0 Å². The number of hydrogen-bond donors (Lipinski definition) is 1. The molecule has 0 amide bonds. The van der Waals surface area contributed by atoms with Crippen LogP contribution in [0.4, 0.5) is 0 Å². The van der Waals surface area contributed by atoms with E-state index in [9.17, 15) is 5.11 Å². The number of benzene rings is 1. The summed E-state index contributed by atoms with van der Waals surface area (Å²) in [7, 11) is 2.31. The molecular formula is C20H25N2O+. The Balaban J connectivity index is 1.72. The van der Waals surface area contributed by atoms with Crippen molar-refractivity contribution in [3.8, 4) is 0 Å². The van der Waals surface area contributed by atoms with Gasteiger partial charge in [0.1, 0.15) is 12.1 Å². The molecule has 3 fully saturated rings. The number of rotatable bonds is 3. The van der Waals surface area contributed by atoms with Gasteiger partial charge in [0.2, 0.25) is 0 Å². The second-order valence-electron chi connectivity index (χ2n) is 7.50. The van der Waals surface area contributed by atoms with Gasteiger partial charge in [-0.05, 0) is 23.6 Å². The molecule has 1 N–H and O–H groups in total. The average Bonchev–Trinajstić information content (AvgIpc) is 2.60. The van der Waals surface area contributed by atoms with Gasteiger partial charge in [0.05, 0.1) is 25.7 Å². The van der Waals surface area contributed by atoms with E-state index in [2.05, 4.69) is 30.8 Å². The van der Waals surface area contributed by atoms with Gasteiger partial charge in [-0.25, -0.2) is 0 Å². The fourth-order valence-corrected chi connectivity index (χ4v) is 4.88. The molecule has 0 saturated carbocycles. The number of quaternary nitrogens is 1. The Labute approximate surface area is 137 Å². The number of aliphatic hydroxyl groups is 1. The molecule has 5 rings (SSSR count). The average molecular weight is 309 g/mol. The molecule has 1 aromatic heterocycles. The van der Waals surface area contributed by atoms with Crippen LogP contribution < -0.4 is 0 Å². The highest BCUT2D eigenvalue weighted by Gasteiger charge is 2.51. The second kappa shape index (κ2) is 5.43. The number of fused-ring (bicyclic) bond motifs is 4. The molecule has 0 aliphatic carbocycles. The van der Waals surface area contributed by atoms with Crippen molar-refractivity contribution >= 4 is 10.9 Å². The minimum Gasteiger partial charge on any atom is -0.382 e. The summed E-state index contributed by atoms with van der Waals surface area (Å²) in [5, 5.41) is 12.3. The first-order chi connectivity index (χ1) is 11.1. The van der Waals surface area contributed by atoms with Crippen molar-refractivity contribution in [3.63, 3.8) is 0 Å². The van der Waals surface area contributed by atoms with Crippen molar-refractivity contribution in [1.29, 1.82) is 0 Å².